The van der Waals surface area contributed by atoms with Crippen LogP contribution in [0.5, 0.6) is 0 Å². The molecule has 1 saturated heterocycles. The van der Waals surface area contributed by atoms with Crippen LogP contribution in [-0.2, 0) is 27.2 Å². The highest BCUT2D eigenvalue weighted by Gasteiger charge is 2.35. The number of nitrogens with one attached hydrogen (secondary N) is 1. The van der Waals surface area contributed by atoms with E-state index in [2.05, 4.69) is 5.32 Å². The van der Waals surface area contributed by atoms with Gasteiger partial charge in [-0.15, -0.1) is 0 Å². The summed E-state index contributed by atoms with van der Waals surface area (Å²) >= 11 is 0. The summed E-state index contributed by atoms with van der Waals surface area (Å²) in [4.78, 5) is 13.6. The van der Waals surface area contributed by atoms with E-state index in [1.54, 1.807) is 4.90 Å². The van der Waals surface area contributed by atoms with Crippen molar-refractivity contribution in [3.8, 4) is 0 Å². The summed E-state index contributed by atoms with van der Waals surface area (Å²) in [6, 6.07) is 7.12. The van der Waals surface area contributed by atoms with E-state index in [-0.39, 0.29) is 12.2 Å². The molecule has 1 aliphatic rings. The normalized spacial score (nSPS) is 16.5. The van der Waals surface area contributed by atoms with E-state index >= 15 is 0 Å². The summed E-state index contributed by atoms with van der Waals surface area (Å²) in [5, 5.41) is 2.52. The molecule has 192 valence electrons. The Morgan fingerprint density at radius 3 is 2.09 bits per heavy atom. The van der Waals surface area contributed by atoms with Crippen LogP contribution in [0.1, 0.15) is 24.0 Å². The van der Waals surface area contributed by atoms with Gasteiger partial charge in [0, 0.05) is 31.9 Å². The molecule has 0 bridgehead atoms. The highest BCUT2D eigenvalue weighted by Crippen LogP contribution is 2.32. The number of piperidine rings is 1. The van der Waals surface area contributed by atoms with Crippen molar-refractivity contribution in [3.05, 3.63) is 59.7 Å². The van der Waals surface area contributed by atoms with E-state index in [1.165, 1.54) is 7.05 Å². The predicted octanol–water partition coefficient (Wildman–Crippen LogP) is 4.45. The first-order valence-electron chi connectivity index (χ1n) is 10.5. The van der Waals surface area contributed by atoms with Crippen LogP contribution in [0.15, 0.2) is 53.4 Å². The Kier molecular flexibility index (Phi) is 7.82. The molecule has 6 nitrogen and oxygen atoms in total. The molecular formula is C22H23F6N3O3S. The number of halogens is 6. The van der Waals surface area contributed by atoms with Crippen LogP contribution in [0.25, 0.3) is 0 Å². The third-order valence-corrected chi connectivity index (χ3v) is 7.68. The lowest BCUT2D eigenvalue weighted by atomic mass is 10.1. The van der Waals surface area contributed by atoms with Crippen molar-refractivity contribution in [1.29, 1.82) is 0 Å². The average molecular weight is 523 g/mol. The summed E-state index contributed by atoms with van der Waals surface area (Å²) in [7, 11) is -2.85. The molecule has 1 fully saturated rings. The zero-order valence-electron chi connectivity index (χ0n) is 18.5. The molecule has 0 spiro atoms. The van der Waals surface area contributed by atoms with Gasteiger partial charge in [-0.1, -0.05) is 6.07 Å². The van der Waals surface area contributed by atoms with Crippen LogP contribution in [0.3, 0.4) is 0 Å². The van der Waals surface area contributed by atoms with Crippen molar-refractivity contribution in [3.63, 3.8) is 0 Å². The minimum Gasteiger partial charge on any atom is -0.325 e. The Hall–Kier alpha value is -2.64. The summed E-state index contributed by atoms with van der Waals surface area (Å²) < 4.78 is 104. The van der Waals surface area contributed by atoms with Crippen LogP contribution in [0.2, 0.25) is 0 Å². The second-order valence-electron chi connectivity index (χ2n) is 8.18. The minimum atomic E-state index is -4.67. The first-order chi connectivity index (χ1) is 16.2. The number of sulfonamides is 1. The fourth-order valence-corrected chi connectivity index (χ4v) is 5.24. The Bertz CT molecular complexity index is 1140. The monoisotopic (exact) mass is 523 g/mol. The van der Waals surface area contributed by atoms with Gasteiger partial charge in [-0.2, -0.15) is 30.6 Å². The highest BCUT2D eigenvalue weighted by atomic mass is 32.2. The molecule has 1 heterocycles. The number of nitrogens with zero attached hydrogens (tertiary/aromatic N) is 2. The summed E-state index contributed by atoms with van der Waals surface area (Å²) in [6.07, 6.45) is -8.45. The highest BCUT2D eigenvalue weighted by molar-refractivity contribution is 7.89. The van der Waals surface area contributed by atoms with Gasteiger partial charge in [-0.25, -0.2) is 8.42 Å². The van der Waals surface area contributed by atoms with Gasteiger partial charge >= 0.3 is 12.4 Å². The van der Waals surface area contributed by atoms with Crippen LogP contribution >= 0.6 is 0 Å². The van der Waals surface area contributed by atoms with Crippen LogP contribution in [0, 0.1) is 0 Å². The van der Waals surface area contributed by atoms with E-state index in [0.717, 1.165) is 46.8 Å². The van der Waals surface area contributed by atoms with E-state index in [1.807, 2.05) is 0 Å². The molecule has 3 rings (SSSR count). The van der Waals surface area contributed by atoms with Gasteiger partial charge in [0.1, 0.15) is 0 Å². The van der Waals surface area contributed by atoms with Gasteiger partial charge in [-0.3, -0.25) is 9.69 Å². The number of hydrogen-bond acceptors (Lipinski definition) is 4. The third kappa shape index (κ3) is 6.73. The molecule has 2 aromatic carbocycles. The van der Waals surface area contributed by atoms with Gasteiger partial charge in [0.05, 0.1) is 22.6 Å². The maximum atomic E-state index is 13.0. The number of benzene rings is 2. The SMILES string of the molecule is CN(C1CCN(CC(=O)Nc2ccc(C(F)(F)F)cc2)CC1)S(=O)(=O)c1cccc(C(F)(F)F)c1. The van der Waals surface area contributed by atoms with Gasteiger partial charge in [0.15, 0.2) is 0 Å². The molecular weight excluding hydrogens is 500 g/mol. The summed E-state index contributed by atoms with van der Waals surface area (Å²) in [5.74, 6) is -0.437. The lowest BCUT2D eigenvalue weighted by Crippen LogP contribution is -2.47. The van der Waals surface area contributed by atoms with Crippen LogP contribution < -0.4 is 5.32 Å². The van der Waals surface area contributed by atoms with Crippen molar-refractivity contribution < 1.29 is 39.6 Å². The van der Waals surface area contributed by atoms with E-state index < -0.39 is 50.3 Å². The van der Waals surface area contributed by atoms with E-state index in [0.29, 0.717) is 32.0 Å². The molecule has 0 radical (unpaired) electrons. The molecule has 0 saturated carbocycles. The number of hydrogen-bond donors (Lipinski definition) is 1. The zero-order chi connectivity index (χ0) is 26.0. The standard InChI is InChI=1S/C22H23F6N3O3S/c1-30(35(33,34)19-4-2-3-16(13-19)22(26,27)28)18-9-11-31(12-10-18)14-20(32)29-17-7-5-15(6-8-17)21(23,24)25/h2-8,13,18H,9-12,14H2,1H3,(H,29,32). The lowest BCUT2D eigenvalue weighted by molar-refractivity contribution is -0.138. The molecule has 1 amide bonds. The number of anilines is 1. The fourth-order valence-electron chi connectivity index (χ4n) is 3.78. The number of amides is 1. The summed E-state index contributed by atoms with van der Waals surface area (Å²) in [6.45, 7) is 0.666. The van der Waals surface area contributed by atoms with E-state index in [9.17, 15) is 39.6 Å². The van der Waals surface area contributed by atoms with Gasteiger partial charge in [-0.05, 0) is 55.3 Å². The fraction of sp³-hybridized carbons (Fsp3) is 0.409. The molecule has 0 aromatic heterocycles. The number of carbonyl (C=O) groups excluding carboxylic acids is 1. The van der Waals surface area contributed by atoms with Gasteiger partial charge in [0.25, 0.3) is 0 Å². The number of alkyl halides is 6. The Morgan fingerprint density at radius 2 is 1.54 bits per heavy atom. The topological polar surface area (TPSA) is 69.7 Å². The van der Waals surface area contributed by atoms with Crippen molar-refractivity contribution >= 4 is 21.6 Å². The predicted molar refractivity (Wildman–Crippen MR) is 116 cm³/mol. The number of rotatable bonds is 6. The minimum absolute atomic E-state index is 0.0438. The Morgan fingerprint density at radius 1 is 0.971 bits per heavy atom. The first kappa shape index (κ1) is 27.0. The van der Waals surface area contributed by atoms with E-state index in [4.69, 9.17) is 0 Å². The molecule has 1 aliphatic heterocycles. The second-order valence-corrected chi connectivity index (χ2v) is 10.2. The molecule has 0 unspecified atom stereocenters. The third-order valence-electron chi connectivity index (χ3n) is 5.77. The molecule has 2 aromatic rings. The van der Waals surface area contributed by atoms with Crippen molar-refractivity contribution in [2.45, 2.75) is 36.1 Å². The molecule has 35 heavy (non-hydrogen) atoms. The Balaban J connectivity index is 1.55. The quantitative estimate of drug-likeness (QED) is 0.569. The number of carbonyl (C=O) groups is 1. The average Bonchev–Trinajstić information content (AvgIpc) is 2.78. The smallest absolute Gasteiger partial charge is 0.325 e. The zero-order valence-corrected chi connectivity index (χ0v) is 19.3. The second kappa shape index (κ2) is 10.2. The van der Waals surface area contributed by atoms with Gasteiger partial charge in [0.2, 0.25) is 15.9 Å². The maximum Gasteiger partial charge on any atom is 0.416 e. The van der Waals surface area contributed by atoms with Crippen LogP contribution in [0.4, 0.5) is 32.0 Å². The van der Waals surface area contributed by atoms with Gasteiger partial charge < -0.3 is 5.32 Å². The number of likely N-dealkylation sites (tertiary alicyclic amines) is 1. The van der Waals surface area contributed by atoms with Crippen molar-refractivity contribution in [2.24, 2.45) is 0 Å². The summed E-state index contributed by atoms with van der Waals surface area (Å²) in [5.41, 5.74) is -1.67. The van der Waals surface area contributed by atoms with Crippen LogP contribution in [-0.4, -0.2) is 56.3 Å². The van der Waals surface area contributed by atoms with Crippen molar-refractivity contribution in [2.75, 3.05) is 32.0 Å². The largest absolute Gasteiger partial charge is 0.416 e. The lowest BCUT2D eigenvalue weighted by Gasteiger charge is -2.35. The van der Waals surface area contributed by atoms with Crippen molar-refractivity contribution in [1.82, 2.24) is 9.21 Å². The Labute approximate surface area is 198 Å². The molecule has 0 atom stereocenters. The maximum absolute atomic E-state index is 13.0. The first-order valence-corrected chi connectivity index (χ1v) is 12.0. The molecule has 13 heteroatoms. The molecule has 0 aliphatic carbocycles. The molecule has 1 N–H and O–H groups in total.